The molecular weight excluding hydrogens is 196 g/mol. The molecule has 1 atom stereocenters. The average Bonchev–Trinajstić information content (AvgIpc) is 2.41. The van der Waals surface area contributed by atoms with Gasteiger partial charge in [0.15, 0.2) is 0 Å². The molecule has 0 aliphatic heterocycles. The SMILES string of the molecule is N=NC12CCC(CC1)CC2c1ccccc1. The van der Waals surface area contributed by atoms with Crippen molar-refractivity contribution in [3.8, 4) is 0 Å². The zero-order valence-electron chi connectivity index (χ0n) is 9.52. The Hall–Kier alpha value is -1.18. The number of nitrogens with one attached hydrogen (secondary N) is 1. The number of rotatable bonds is 2. The summed E-state index contributed by atoms with van der Waals surface area (Å²) in [6.45, 7) is 0. The summed E-state index contributed by atoms with van der Waals surface area (Å²) >= 11 is 0. The van der Waals surface area contributed by atoms with Crippen molar-refractivity contribution < 1.29 is 0 Å². The highest BCUT2D eigenvalue weighted by molar-refractivity contribution is 5.26. The van der Waals surface area contributed by atoms with Gasteiger partial charge >= 0.3 is 0 Å². The molecule has 0 spiro atoms. The van der Waals surface area contributed by atoms with Crippen molar-refractivity contribution in [3.05, 3.63) is 35.9 Å². The standard InChI is InChI=1S/C14H18N2/c15-16-14-8-6-11(7-9-14)10-13(14)12-4-2-1-3-5-12/h1-5,11,13,15H,6-10H2. The predicted octanol–water partition coefficient (Wildman–Crippen LogP) is 4.13. The van der Waals surface area contributed by atoms with Gasteiger partial charge < -0.3 is 0 Å². The van der Waals surface area contributed by atoms with Crippen molar-refractivity contribution in [2.24, 2.45) is 11.0 Å². The van der Waals surface area contributed by atoms with Crippen LogP contribution in [-0.4, -0.2) is 5.54 Å². The summed E-state index contributed by atoms with van der Waals surface area (Å²) < 4.78 is 0. The largest absolute Gasteiger partial charge is 0.209 e. The molecule has 3 saturated carbocycles. The summed E-state index contributed by atoms with van der Waals surface area (Å²) in [6, 6.07) is 10.7. The van der Waals surface area contributed by atoms with Crippen LogP contribution in [0.25, 0.3) is 0 Å². The molecule has 3 fully saturated rings. The second-order valence-corrected chi connectivity index (χ2v) is 5.36. The van der Waals surface area contributed by atoms with Gasteiger partial charge in [0.1, 0.15) is 0 Å². The molecule has 84 valence electrons. The van der Waals surface area contributed by atoms with Crippen LogP contribution in [0.15, 0.2) is 35.4 Å². The van der Waals surface area contributed by atoms with Gasteiger partial charge in [0.05, 0.1) is 5.54 Å². The Morgan fingerprint density at radius 2 is 1.81 bits per heavy atom. The molecule has 0 heterocycles. The monoisotopic (exact) mass is 214 g/mol. The number of nitrogens with zero attached hydrogens (tertiary/aromatic N) is 1. The van der Waals surface area contributed by atoms with Gasteiger partial charge in [0, 0.05) is 5.92 Å². The van der Waals surface area contributed by atoms with Crippen molar-refractivity contribution in [2.75, 3.05) is 0 Å². The molecule has 0 aromatic heterocycles. The van der Waals surface area contributed by atoms with Crippen LogP contribution in [0.3, 0.4) is 0 Å². The maximum Gasteiger partial charge on any atom is 0.0881 e. The van der Waals surface area contributed by atoms with Crippen LogP contribution in [0, 0.1) is 11.4 Å². The van der Waals surface area contributed by atoms with Crippen molar-refractivity contribution in [1.29, 1.82) is 5.53 Å². The van der Waals surface area contributed by atoms with E-state index in [-0.39, 0.29) is 5.54 Å². The zero-order valence-corrected chi connectivity index (χ0v) is 9.52. The van der Waals surface area contributed by atoms with Gasteiger partial charge in [-0.2, -0.15) is 5.11 Å². The number of hydrogen-bond acceptors (Lipinski definition) is 2. The second kappa shape index (κ2) is 3.69. The maximum atomic E-state index is 7.57. The van der Waals surface area contributed by atoms with E-state index in [0.717, 1.165) is 18.8 Å². The molecule has 1 N–H and O–H groups in total. The summed E-state index contributed by atoms with van der Waals surface area (Å²) in [6.07, 6.45) is 6.06. The summed E-state index contributed by atoms with van der Waals surface area (Å²) in [5.74, 6) is 1.38. The lowest BCUT2D eigenvalue weighted by molar-refractivity contribution is 0.105. The zero-order chi connectivity index (χ0) is 11.0. The van der Waals surface area contributed by atoms with E-state index in [1.54, 1.807) is 0 Å². The molecule has 0 radical (unpaired) electrons. The van der Waals surface area contributed by atoms with Crippen LogP contribution in [0.2, 0.25) is 0 Å². The van der Waals surface area contributed by atoms with Gasteiger partial charge in [-0.15, -0.1) is 0 Å². The van der Waals surface area contributed by atoms with Crippen LogP contribution in [0.1, 0.15) is 43.6 Å². The van der Waals surface area contributed by atoms with Crippen LogP contribution in [0.5, 0.6) is 0 Å². The lowest BCUT2D eigenvalue weighted by Crippen LogP contribution is -2.44. The highest BCUT2D eigenvalue weighted by Gasteiger charge is 2.48. The highest BCUT2D eigenvalue weighted by Crippen LogP contribution is 2.54. The predicted molar refractivity (Wildman–Crippen MR) is 63.6 cm³/mol. The van der Waals surface area contributed by atoms with E-state index in [1.807, 2.05) is 0 Å². The molecule has 3 aliphatic carbocycles. The lowest BCUT2D eigenvalue weighted by atomic mass is 9.58. The molecule has 16 heavy (non-hydrogen) atoms. The molecule has 3 aliphatic rings. The minimum atomic E-state index is -0.0594. The molecule has 4 rings (SSSR count). The Bertz CT molecular complexity index is 377. The highest BCUT2D eigenvalue weighted by atomic mass is 15.1. The van der Waals surface area contributed by atoms with Crippen molar-refractivity contribution >= 4 is 0 Å². The fourth-order valence-corrected chi connectivity index (χ4v) is 3.64. The topological polar surface area (TPSA) is 36.2 Å². The lowest BCUT2D eigenvalue weighted by Gasteiger charge is -2.49. The third-order valence-electron chi connectivity index (χ3n) is 4.61. The van der Waals surface area contributed by atoms with E-state index in [9.17, 15) is 0 Å². The van der Waals surface area contributed by atoms with Crippen LogP contribution < -0.4 is 0 Å². The van der Waals surface area contributed by atoms with Gasteiger partial charge in [-0.1, -0.05) is 30.3 Å². The van der Waals surface area contributed by atoms with Gasteiger partial charge in [0.2, 0.25) is 0 Å². The molecular formula is C14H18N2. The Morgan fingerprint density at radius 3 is 2.44 bits per heavy atom. The Kier molecular flexibility index (Phi) is 2.31. The second-order valence-electron chi connectivity index (χ2n) is 5.36. The third kappa shape index (κ3) is 1.40. The smallest absolute Gasteiger partial charge is 0.0881 e. The normalized spacial score (nSPS) is 37.2. The van der Waals surface area contributed by atoms with E-state index in [1.165, 1.54) is 24.8 Å². The molecule has 1 aromatic carbocycles. The van der Waals surface area contributed by atoms with Gasteiger partial charge in [0.25, 0.3) is 0 Å². The first-order valence-corrected chi connectivity index (χ1v) is 6.28. The number of hydrogen-bond donors (Lipinski definition) is 1. The van der Waals surface area contributed by atoms with Gasteiger partial charge in [-0.05, 0) is 43.6 Å². The quantitative estimate of drug-likeness (QED) is 0.718. The van der Waals surface area contributed by atoms with Gasteiger partial charge in [-0.25, -0.2) is 5.53 Å². The first-order chi connectivity index (χ1) is 7.84. The Balaban J connectivity index is 1.98. The third-order valence-corrected chi connectivity index (χ3v) is 4.61. The summed E-state index contributed by atoms with van der Waals surface area (Å²) in [5.41, 5.74) is 8.91. The van der Waals surface area contributed by atoms with E-state index in [4.69, 9.17) is 5.53 Å². The van der Waals surface area contributed by atoms with Gasteiger partial charge in [-0.3, -0.25) is 0 Å². The van der Waals surface area contributed by atoms with E-state index in [2.05, 4.69) is 35.4 Å². The first-order valence-electron chi connectivity index (χ1n) is 6.28. The molecule has 0 saturated heterocycles. The van der Waals surface area contributed by atoms with E-state index >= 15 is 0 Å². The minimum absolute atomic E-state index is 0.0594. The van der Waals surface area contributed by atoms with Crippen molar-refractivity contribution in [3.63, 3.8) is 0 Å². The summed E-state index contributed by atoms with van der Waals surface area (Å²) in [4.78, 5) is 0. The number of benzene rings is 1. The fraction of sp³-hybridized carbons (Fsp3) is 0.571. The minimum Gasteiger partial charge on any atom is -0.209 e. The molecule has 1 unspecified atom stereocenters. The number of fused-ring (bicyclic) bond motifs is 3. The molecule has 2 bridgehead atoms. The molecule has 2 nitrogen and oxygen atoms in total. The van der Waals surface area contributed by atoms with Crippen molar-refractivity contribution in [1.82, 2.24) is 0 Å². The summed E-state index contributed by atoms with van der Waals surface area (Å²) in [5, 5.41) is 4.04. The van der Waals surface area contributed by atoms with Crippen LogP contribution in [0.4, 0.5) is 0 Å². The van der Waals surface area contributed by atoms with Crippen LogP contribution in [-0.2, 0) is 0 Å². The van der Waals surface area contributed by atoms with E-state index in [0.29, 0.717) is 5.92 Å². The molecule has 2 heteroatoms. The first kappa shape index (κ1) is 10.0. The fourth-order valence-electron chi connectivity index (χ4n) is 3.64. The summed E-state index contributed by atoms with van der Waals surface area (Å²) in [7, 11) is 0. The van der Waals surface area contributed by atoms with Crippen molar-refractivity contribution in [2.45, 2.75) is 43.6 Å². The Morgan fingerprint density at radius 1 is 1.12 bits per heavy atom. The molecule has 1 aromatic rings. The average molecular weight is 214 g/mol. The maximum absolute atomic E-state index is 7.57. The Labute approximate surface area is 96.6 Å². The van der Waals surface area contributed by atoms with Crippen LogP contribution >= 0.6 is 0 Å². The van der Waals surface area contributed by atoms with E-state index < -0.39 is 0 Å². The molecule has 0 amide bonds.